The zero-order valence-corrected chi connectivity index (χ0v) is 46.8. The van der Waals surface area contributed by atoms with Crippen LogP contribution in [0.1, 0.15) is 67.6 Å². The van der Waals surface area contributed by atoms with Gasteiger partial charge in [-0.1, -0.05) is 13.3 Å². The first kappa shape index (κ1) is 58.4. The highest BCUT2D eigenvalue weighted by Crippen LogP contribution is 2.38. The number of likely N-dealkylation sites (N-methyl/N-ethyl adjacent to an activating group) is 2. The van der Waals surface area contributed by atoms with E-state index in [0.717, 1.165) is 9.80 Å². The van der Waals surface area contributed by atoms with Gasteiger partial charge in [0.1, 0.15) is 0 Å². The third-order valence-electron chi connectivity index (χ3n) is 9.30. The molecule has 4 atom stereocenters. The predicted molar refractivity (Wildman–Crippen MR) is 280 cm³/mol. The van der Waals surface area contributed by atoms with Crippen LogP contribution in [0, 0.1) is 27.3 Å². The molecule has 0 radical (unpaired) electrons. The first-order valence-corrected chi connectivity index (χ1v) is 25.3. The molecule has 0 aliphatic carbocycles. The summed E-state index contributed by atoms with van der Waals surface area (Å²) in [6.07, 6.45) is -4.54. The Balaban J connectivity index is 2.38. The number of halogens is 6. The lowest BCUT2D eigenvalue weighted by Gasteiger charge is -2.25. The van der Waals surface area contributed by atoms with Gasteiger partial charge in [0.15, 0.2) is 12.2 Å². The molecule has 0 saturated heterocycles. The summed E-state index contributed by atoms with van der Waals surface area (Å²) in [5.41, 5.74) is 0.205. The van der Waals surface area contributed by atoms with E-state index in [1.807, 2.05) is 142 Å². The smallest absolute Gasteiger partial charge is 0.255 e. The Morgan fingerprint density at radius 1 is 0.524 bits per heavy atom. The molecular weight excluding hydrogens is 1510 g/mol. The van der Waals surface area contributed by atoms with E-state index in [1.165, 1.54) is 14.1 Å². The van der Waals surface area contributed by atoms with Gasteiger partial charge in [0.2, 0.25) is 0 Å². The number of rotatable bonds is 23. The lowest BCUT2D eigenvalue weighted by Crippen LogP contribution is -2.38. The number of carbonyl (C=O) groups is 6. The van der Waals surface area contributed by atoms with Crippen LogP contribution in [0.2, 0.25) is 0 Å². The maximum Gasteiger partial charge on any atom is 0.255 e. The number of aliphatic hydroxyl groups excluding tert-OH is 8. The van der Waals surface area contributed by atoms with Crippen molar-refractivity contribution in [3.05, 3.63) is 43.7 Å². The molecule has 0 heterocycles. The third kappa shape index (κ3) is 15.7. The molecule has 2 rings (SSSR count). The molecule has 2 aromatic carbocycles. The van der Waals surface area contributed by atoms with Crippen LogP contribution in [-0.4, -0.2) is 177 Å². The van der Waals surface area contributed by atoms with Gasteiger partial charge >= 0.3 is 0 Å². The Morgan fingerprint density at radius 2 is 0.841 bits per heavy atom. The number of nitrogens with zero attached hydrogens (tertiary/aromatic N) is 2. The van der Waals surface area contributed by atoms with Crippen LogP contribution in [-0.2, 0) is 9.59 Å². The second kappa shape index (κ2) is 28.0. The van der Waals surface area contributed by atoms with Gasteiger partial charge in [-0.25, -0.2) is 0 Å². The van der Waals surface area contributed by atoms with Crippen LogP contribution in [0.15, 0.2) is 0 Å². The minimum Gasteiger partial charge on any atom is -0.394 e. The van der Waals surface area contributed by atoms with E-state index in [0.29, 0.717) is 19.3 Å². The lowest BCUT2D eigenvalue weighted by atomic mass is 9.98. The number of hydrogen-bond acceptors (Lipinski definition) is 14. The van der Waals surface area contributed by atoms with Crippen LogP contribution < -0.4 is 21.3 Å². The number of hydrogen-bond donors (Lipinski definition) is 12. The van der Waals surface area contributed by atoms with E-state index in [9.17, 15) is 69.6 Å². The molecule has 12 N–H and O–H groups in total. The Labute approximate surface area is 444 Å². The van der Waals surface area contributed by atoms with E-state index >= 15 is 0 Å². The van der Waals surface area contributed by atoms with Crippen LogP contribution in [0.4, 0.5) is 11.4 Å². The molecule has 26 heteroatoms. The monoisotopic (exact) mass is 1560 g/mol. The summed E-state index contributed by atoms with van der Waals surface area (Å²) in [5, 5.41) is 87.9. The standard InChI is InChI=1S/C37H48I6N6O14/c1-4-15(5-7-44-34(60)20-24(38)22(36(62)48(2)9-16(54)11-50)28(42)30(26(20)40)46-32(58)18(56)13-52)6-8-45-35(61)21-25(39)23(37(63)49(3)10-17(55)12-51)29(43)31(27(21)41)47-33(59)19(57)14-53/h15-19,50-57H,4-14H2,1-3H3,(H,44,60)(H,45,61)(H,46,58)(H,47,59). The summed E-state index contributed by atoms with van der Waals surface area (Å²) in [5.74, 6) is -4.43. The summed E-state index contributed by atoms with van der Waals surface area (Å²) in [6.45, 7) is -1.22. The predicted octanol–water partition coefficient (Wildman–Crippen LogP) is 0.714. The molecule has 0 aliphatic rings. The Hall–Kier alpha value is -0.680. The van der Waals surface area contributed by atoms with E-state index in [4.69, 9.17) is 0 Å². The van der Waals surface area contributed by atoms with Crippen molar-refractivity contribution in [2.75, 3.05) is 77.3 Å². The number of benzene rings is 2. The largest absolute Gasteiger partial charge is 0.394 e. The fourth-order valence-electron chi connectivity index (χ4n) is 5.70. The molecule has 2 aromatic rings. The highest BCUT2D eigenvalue weighted by atomic mass is 127. The number of amides is 6. The number of aliphatic hydroxyl groups is 8. The van der Waals surface area contributed by atoms with Gasteiger partial charge in [-0.3, -0.25) is 28.8 Å². The minimum absolute atomic E-state index is 0.0177. The average molecular weight is 1560 g/mol. The van der Waals surface area contributed by atoms with Crippen LogP contribution in [0.5, 0.6) is 0 Å². The van der Waals surface area contributed by atoms with E-state index in [1.54, 1.807) is 0 Å². The quantitative estimate of drug-likeness (QED) is 0.0683. The Kier molecular flexibility index (Phi) is 25.9. The van der Waals surface area contributed by atoms with Gasteiger partial charge < -0.3 is 71.9 Å². The summed E-state index contributed by atoms with van der Waals surface area (Å²) >= 11 is 11.0. The number of carbonyl (C=O) groups excluding carboxylic acids is 6. The van der Waals surface area contributed by atoms with Gasteiger partial charge in [-0.05, 0) is 154 Å². The molecule has 0 aromatic heterocycles. The van der Waals surface area contributed by atoms with Crippen molar-refractivity contribution in [2.24, 2.45) is 5.92 Å². The van der Waals surface area contributed by atoms with Crippen molar-refractivity contribution in [2.45, 2.75) is 50.6 Å². The summed E-state index contributed by atoms with van der Waals surface area (Å²) in [4.78, 5) is 82.7. The van der Waals surface area contributed by atoms with Crippen molar-refractivity contribution in [1.29, 1.82) is 0 Å². The topological polar surface area (TPSA) is 319 Å². The molecule has 0 aliphatic heterocycles. The molecule has 20 nitrogen and oxygen atoms in total. The molecule has 63 heavy (non-hydrogen) atoms. The highest BCUT2D eigenvalue weighted by molar-refractivity contribution is 14.1. The van der Waals surface area contributed by atoms with Crippen molar-refractivity contribution >= 4 is 182 Å². The highest BCUT2D eigenvalue weighted by Gasteiger charge is 2.33. The lowest BCUT2D eigenvalue weighted by molar-refractivity contribution is -0.126. The average Bonchev–Trinajstić information content (AvgIpc) is 3.24. The van der Waals surface area contributed by atoms with Crippen LogP contribution >= 0.6 is 136 Å². The van der Waals surface area contributed by atoms with Crippen molar-refractivity contribution in [3.63, 3.8) is 0 Å². The molecule has 0 fully saturated rings. The van der Waals surface area contributed by atoms with Gasteiger partial charge in [0, 0.05) is 47.4 Å². The summed E-state index contributed by atoms with van der Waals surface area (Å²) in [7, 11) is 2.79. The molecule has 0 saturated carbocycles. The minimum atomic E-state index is -1.79. The molecule has 6 amide bonds. The normalized spacial score (nSPS) is 13.6. The Bertz CT molecular complexity index is 1880. The summed E-state index contributed by atoms with van der Waals surface area (Å²) < 4.78 is 1.40. The molecule has 4 unspecified atom stereocenters. The first-order valence-electron chi connectivity index (χ1n) is 18.8. The van der Waals surface area contributed by atoms with Crippen LogP contribution in [0.25, 0.3) is 0 Å². The van der Waals surface area contributed by atoms with Gasteiger partial charge in [-0.15, -0.1) is 0 Å². The Morgan fingerprint density at radius 3 is 1.13 bits per heavy atom. The van der Waals surface area contributed by atoms with Crippen molar-refractivity contribution < 1.29 is 69.6 Å². The zero-order chi connectivity index (χ0) is 48.0. The maximum atomic E-state index is 13.9. The maximum absolute atomic E-state index is 13.9. The summed E-state index contributed by atoms with van der Waals surface area (Å²) in [6, 6.07) is 0. The SMILES string of the molecule is CCC(CCNC(=O)c1c(I)c(NC(=O)C(O)CO)c(I)c(C(=O)N(C)CC(O)CO)c1I)CCNC(=O)c1c(I)c(NC(=O)C(O)CO)c(I)c(C(=O)N(C)CC(O)CO)c1I. The zero-order valence-electron chi connectivity index (χ0n) is 33.9. The van der Waals surface area contributed by atoms with Gasteiger partial charge in [-0.2, -0.15) is 0 Å². The number of nitrogens with one attached hydrogen (secondary N) is 4. The molecule has 0 spiro atoms. The number of anilines is 2. The van der Waals surface area contributed by atoms with E-state index < -0.39 is 86.3 Å². The van der Waals surface area contributed by atoms with E-state index in [2.05, 4.69) is 21.3 Å². The van der Waals surface area contributed by atoms with E-state index in [-0.39, 0.29) is 87.1 Å². The second-order valence-corrected chi connectivity index (χ2v) is 20.4. The fourth-order valence-corrected chi connectivity index (χ4v) is 14.5. The first-order chi connectivity index (χ1) is 29.5. The third-order valence-corrected chi connectivity index (χ3v) is 15.8. The van der Waals surface area contributed by atoms with Gasteiger partial charge in [0.25, 0.3) is 35.4 Å². The van der Waals surface area contributed by atoms with Crippen molar-refractivity contribution in [1.82, 2.24) is 20.4 Å². The molecule has 0 bridgehead atoms. The molecular formula is C37H48I6N6O14. The molecule has 352 valence electrons. The fraction of sp³-hybridized carbons (Fsp3) is 0.514. The second-order valence-electron chi connectivity index (χ2n) is 13.9. The van der Waals surface area contributed by atoms with Crippen LogP contribution in [0.3, 0.4) is 0 Å². The van der Waals surface area contributed by atoms with Crippen molar-refractivity contribution in [3.8, 4) is 0 Å². The van der Waals surface area contributed by atoms with Gasteiger partial charge in [0.05, 0.1) is 86.5 Å².